The van der Waals surface area contributed by atoms with Crippen LogP contribution in [0.1, 0.15) is 5.56 Å². The number of amides is 1. The molecule has 3 rings (SSSR count). The molecule has 0 aromatic heterocycles. The van der Waals surface area contributed by atoms with Crippen LogP contribution in [0.25, 0.3) is 0 Å². The highest BCUT2D eigenvalue weighted by Gasteiger charge is 2.28. The maximum atomic E-state index is 12.7. The third-order valence-corrected chi connectivity index (χ3v) is 7.23. The van der Waals surface area contributed by atoms with Crippen molar-refractivity contribution in [2.45, 2.75) is 4.90 Å². The average molecular weight is 500 g/mol. The van der Waals surface area contributed by atoms with E-state index in [0.29, 0.717) is 36.8 Å². The number of benzene rings is 2. The molecule has 29 heavy (non-hydrogen) atoms. The van der Waals surface area contributed by atoms with Crippen molar-refractivity contribution in [3.63, 3.8) is 0 Å². The first kappa shape index (κ1) is 21.9. The lowest BCUT2D eigenvalue weighted by Gasteiger charge is -2.33. The summed E-state index contributed by atoms with van der Waals surface area (Å²) >= 11 is 9.33. The van der Waals surface area contributed by atoms with Crippen molar-refractivity contribution in [1.29, 1.82) is 0 Å². The predicted octanol–water partition coefficient (Wildman–Crippen LogP) is 2.56. The largest absolute Gasteiger partial charge is 0.292 e. The minimum atomic E-state index is -3.53. The van der Waals surface area contributed by atoms with Gasteiger partial charge in [-0.3, -0.25) is 9.69 Å². The summed E-state index contributed by atoms with van der Waals surface area (Å²) in [5.41, 5.74) is 3.18. The van der Waals surface area contributed by atoms with E-state index in [1.54, 1.807) is 36.4 Å². The number of hydrogen-bond acceptors (Lipinski definition) is 5. The quantitative estimate of drug-likeness (QED) is 0.489. The average Bonchev–Trinajstić information content (AvgIpc) is 2.70. The molecule has 0 bridgehead atoms. The highest BCUT2D eigenvalue weighted by molar-refractivity contribution is 9.10. The lowest BCUT2D eigenvalue weighted by molar-refractivity contribution is -0.122. The Morgan fingerprint density at radius 2 is 1.76 bits per heavy atom. The van der Waals surface area contributed by atoms with E-state index >= 15 is 0 Å². The number of nitrogens with one attached hydrogen (secondary N) is 1. The SMILES string of the molecule is O=C(CN1CCN(S(=O)(=O)c2ccc(Br)cc2)CC1)N/N=C/c1ccccc1Cl. The Kier molecular flexibility index (Phi) is 7.42. The number of carbonyl (C=O) groups excluding carboxylic acids is 1. The molecular weight excluding hydrogens is 480 g/mol. The molecule has 2 aromatic carbocycles. The molecule has 1 amide bonds. The fraction of sp³-hybridized carbons (Fsp3) is 0.263. The van der Waals surface area contributed by atoms with Crippen LogP contribution >= 0.6 is 27.5 Å². The van der Waals surface area contributed by atoms with E-state index in [-0.39, 0.29) is 17.3 Å². The van der Waals surface area contributed by atoms with Crippen molar-refractivity contribution in [3.8, 4) is 0 Å². The second-order valence-corrected chi connectivity index (χ2v) is 9.71. The van der Waals surface area contributed by atoms with E-state index in [4.69, 9.17) is 11.6 Å². The number of halogens is 2. The van der Waals surface area contributed by atoms with Crippen LogP contribution in [-0.2, 0) is 14.8 Å². The molecule has 0 spiro atoms. The van der Waals surface area contributed by atoms with Crippen molar-refractivity contribution in [2.75, 3.05) is 32.7 Å². The van der Waals surface area contributed by atoms with Gasteiger partial charge in [0, 0.05) is 41.2 Å². The smallest absolute Gasteiger partial charge is 0.254 e. The van der Waals surface area contributed by atoms with Gasteiger partial charge in [0.05, 0.1) is 17.7 Å². The van der Waals surface area contributed by atoms with E-state index in [1.165, 1.54) is 10.5 Å². The Bertz CT molecular complexity index is 991. The Hall–Kier alpha value is -1.78. The number of carbonyl (C=O) groups is 1. The van der Waals surface area contributed by atoms with Gasteiger partial charge in [-0.15, -0.1) is 0 Å². The standard InChI is InChI=1S/C19H20BrClN4O3S/c20-16-5-7-17(8-6-16)29(27,28)25-11-9-24(10-12-25)14-19(26)23-22-13-15-3-1-2-4-18(15)21/h1-8,13H,9-12,14H2,(H,23,26)/b22-13+. The van der Waals surface area contributed by atoms with E-state index in [9.17, 15) is 13.2 Å². The summed E-state index contributed by atoms with van der Waals surface area (Å²) in [7, 11) is -3.53. The molecule has 1 N–H and O–H groups in total. The summed E-state index contributed by atoms with van der Waals surface area (Å²) in [6.45, 7) is 1.74. The molecule has 1 aliphatic heterocycles. The molecule has 0 saturated carbocycles. The Labute approximate surface area is 183 Å². The van der Waals surface area contributed by atoms with Gasteiger partial charge in [0.2, 0.25) is 10.0 Å². The van der Waals surface area contributed by atoms with Gasteiger partial charge in [-0.2, -0.15) is 9.41 Å². The third-order valence-electron chi connectivity index (χ3n) is 4.45. The van der Waals surface area contributed by atoms with E-state index < -0.39 is 10.0 Å². The third kappa shape index (κ3) is 5.86. The molecule has 7 nitrogen and oxygen atoms in total. The Balaban J connectivity index is 1.48. The Morgan fingerprint density at radius 3 is 2.41 bits per heavy atom. The van der Waals surface area contributed by atoms with Gasteiger partial charge < -0.3 is 0 Å². The molecule has 1 fully saturated rings. The summed E-state index contributed by atoms with van der Waals surface area (Å²) in [5.74, 6) is -0.266. The molecule has 2 aromatic rings. The molecule has 1 saturated heterocycles. The van der Waals surface area contributed by atoms with Gasteiger partial charge in [0.15, 0.2) is 0 Å². The fourth-order valence-corrected chi connectivity index (χ4v) is 4.75. The molecule has 10 heteroatoms. The van der Waals surface area contributed by atoms with Crippen LogP contribution in [0.4, 0.5) is 0 Å². The summed E-state index contributed by atoms with van der Waals surface area (Å²) in [6.07, 6.45) is 1.49. The minimum absolute atomic E-state index is 0.145. The van der Waals surface area contributed by atoms with Crippen molar-refractivity contribution in [2.24, 2.45) is 5.10 Å². The predicted molar refractivity (Wildman–Crippen MR) is 117 cm³/mol. The molecule has 0 aliphatic carbocycles. The molecule has 154 valence electrons. The number of hydrogen-bond donors (Lipinski definition) is 1. The van der Waals surface area contributed by atoms with E-state index in [1.807, 2.05) is 17.0 Å². The first-order valence-electron chi connectivity index (χ1n) is 8.91. The maximum Gasteiger partial charge on any atom is 0.254 e. The van der Waals surface area contributed by atoms with Crippen LogP contribution in [0, 0.1) is 0 Å². The lowest BCUT2D eigenvalue weighted by atomic mass is 10.2. The zero-order valence-electron chi connectivity index (χ0n) is 15.5. The zero-order chi connectivity index (χ0) is 20.9. The first-order valence-corrected chi connectivity index (χ1v) is 11.5. The monoisotopic (exact) mass is 498 g/mol. The van der Waals surface area contributed by atoms with Gasteiger partial charge >= 0.3 is 0 Å². The van der Waals surface area contributed by atoms with Crippen molar-refractivity contribution < 1.29 is 13.2 Å². The summed E-state index contributed by atoms with van der Waals surface area (Å²) < 4.78 is 27.7. The minimum Gasteiger partial charge on any atom is -0.292 e. The summed E-state index contributed by atoms with van der Waals surface area (Å²) in [4.78, 5) is 14.2. The van der Waals surface area contributed by atoms with E-state index in [0.717, 1.165) is 4.47 Å². The summed E-state index contributed by atoms with van der Waals surface area (Å²) in [6, 6.07) is 13.8. The molecular formula is C19H20BrClN4O3S. The maximum absolute atomic E-state index is 12.7. The zero-order valence-corrected chi connectivity index (χ0v) is 18.6. The van der Waals surface area contributed by atoms with Crippen molar-refractivity contribution in [1.82, 2.24) is 14.6 Å². The Morgan fingerprint density at radius 1 is 1.10 bits per heavy atom. The molecule has 1 aliphatic rings. The van der Waals surface area contributed by atoms with Crippen LogP contribution in [0.3, 0.4) is 0 Å². The normalized spacial score (nSPS) is 16.2. The van der Waals surface area contributed by atoms with Crippen molar-refractivity contribution >= 4 is 49.7 Å². The van der Waals surface area contributed by atoms with Gasteiger partial charge in [-0.1, -0.05) is 45.7 Å². The molecule has 0 atom stereocenters. The first-order chi connectivity index (χ1) is 13.9. The number of rotatable bonds is 6. The van der Waals surface area contributed by atoms with Crippen LogP contribution in [0.5, 0.6) is 0 Å². The van der Waals surface area contributed by atoms with Crippen LogP contribution < -0.4 is 5.43 Å². The number of sulfonamides is 1. The highest BCUT2D eigenvalue weighted by Crippen LogP contribution is 2.20. The second kappa shape index (κ2) is 9.82. The molecule has 1 heterocycles. The van der Waals surface area contributed by atoms with Gasteiger partial charge in [-0.25, -0.2) is 13.8 Å². The summed E-state index contributed by atoms with van der Waals surface area (Å²) in [5, 5.41) is 4.47. The second-order valence-electron chi connectivity index (χ2n) is 6.45. The van der Waals surface area contributed by atoms with Crippen LogP contribution in [-0.4, -0.2) is 62.5 Å². The van der Waals surface area contributed by atoms with Crippen LogP contribution in [0.2, 0.25) is 5.02 Å². The van der Waals surface area contributed by atoms with Gasteiger partial charge in [-0.05, 0) is 30.3 Å². The lowest BCUT2D eigenvalue weighted by Crippen LogP contribution is -2.50. The van der Waals surface area contributed by atoms with Crippen LogP contribution in [0.15, 0.2) is 63.0 Å². The molecule has 0 radical (unpaired) electrons. The topological polar surface area (TPSA) is 82.1 Å². The van der Waals surface area contributed by atoms with Gasteiger partial charge in [0.1, 0.15) is 0 Å². The number of nitrogens with zero attached hydrogens (tertiary/aromatic N) is 3. The van der Waals surface area contributed by atoms with E-state index in [2.05, 4.69) is 26.5 Å². The number of piperazine rings is 1. The number of hydrazone groups is 1. The van der Waals surface area contributed by atoms with Crippen molar-refractivity contribution in [3.05, 3.63) is 63.6 Å². The highest BCUT2D eigenvalue weighted by atomic mass is 79.9. The fourth-order valence-electron chi connectivity index (χ4n) is 2.88. The molecule has 0 unspecified atom stereocenters. The van der Waals surface area contributed by atoms with Gasteiger partial charge in [0.25, 0.3) is 5.91 Å².